The molecule has 8 heteroatoms. The first-order valence-corrected chi connectivity index (χ1v) is 10.8. The summed E-state index contributed by atoms with van der Waals surface area (Å²) in [5.41, 5.74) is 3.59. The molecule has 0 saturated carbocycles. The molecule has 170 valence electrons. The predicted octanol–water partition coefficient (Wildman–Crippen LogP) is 5.04. The van der Waals surface area contributed by atoms with Gasteiger partial charge >= 0.3 is 11.9 Å². The molecule has 0 amide bonds. The van der Waals surface area contributed by atoms with Gasteiger partial charge in [-0.2, -0.15) is 0 Å². The Bertz CT molecular complexity index is 1460. The summed E-state index contributed by atoms with van der Waals surface area (Å²) in [6.45, 7) is 1.75. The number of hydrogen-bond acceptors (Lipinski definition) is 6. The maximum absolute atomic E-state index is 13.4. The Morgan fingerprint density at radius 1 is 1.09 bits per heavy atom. The van der Waals surface area contributed by atoms with Crippen molar-refractivity contribution in [1.82, 2.24) is 5.32 Å². The number of halogens is 1. The number of carbonyl (C=O) groups excluding carboxylic acids is 2. The van der Waals surface area contributed by atoms with E-state index in [9.17, 15) is 19.5 Å². The topological polar surface area (TPSA) is 106 Å². The molecule has 1 aliphatic carbocycles. The third-order valence-corrected chi connectivity index (χ3v) is 6.38. The van der Waals surface area contributed by atoms with Crippen LogP contribution >= 0.6 is 11.6 Å². The molecule has 1 aliphatic heterocycles. The molecule has 2 aliphatic rings. The Morgan fingerprint density at radius 3 is 2.53 bits per heavy atom. The lowest BCUT2D eigenvalue weighted by atomic mass is 9.83. The van der Waals surface area contributed by atoms with Crippen LogP contribution in [0.1, 0.15) is 44.9 Å². The molecule has 3 aromatic rings. The normalized spacial score (nSPS) is 16.8. The van der Waals surface area contributed by atoms with Gasteiger partial charge < -0.3 is 19.6 Å². The Labute approximate surface area is 199 Å². The number of carbonyl (C=O) groups is 3. The van der Waals surface area contributed by atoms with Crippen molar-refractivity contribution >= 4 is 35.0 Å². The highest BCUT2D eigenvalue weighted by molar-refractivity contribution is 6.33. The second-order valence-electron chi connectivity index (χ2n) is 7.95. The van der Waals surface area contributed by atoms with Crippen LogP contribution in [0.2, 0.25) is 5.02 Å². The van der Waals surface area contributed by atoms with Gasteiger partial charge in [0.15, 0.2) is 5.78 Å². The van der Waals surface area contributed by atoms with Gasteiger partial charge in [-0.1, -0.05) is 35.9 Å². The summed E-state index contributed by atoms with van der Waals surface area (Å²) in [5, 5.41) is 12.7. The number of ketones is 1. The highest BCUT2D eigenvalue weighted by atomic mass is 35.5. The summed E-state index contributed by atoms with van der Waals surface area (Å²) in [5.74, 6) is -2.01. The largest absolute Gasteiger partial charge is 0.478 e. The van der Waals surface area contributed by atoms with Crippen LogP contribution in [0.4, 0.5) is 0 Å². The van der Waals surface area contributed by atoms with Gasteiger partial charge in [0, 0.05) is 28.0 Å². The van der Waals surface area contributed by atoms with Crippen LogP contribution in [0.5, 0.6) is 0 Å². The SMILES string of the molecule is COC(=O)C1=C(C)NC2=C(C(=O)c3ccccc32)[C@@H]1c1ccc(-c2ccc(Cl)c(C(=O)O)c2)o1. The van der Waals surface area contributed by atoms with Crippen molar-refractivity contribution in [3.63, 3.8) is 0 Å². The van der Waals surface area contributed by atoms with Crippen LogP contribution < -0.4 is 5.32 Å². The molecule has 1 aromatic heterocycles. The highest BCUT2D eigenvalue weighted by Crippen LogP contribution is 2.47. The molecule has 7 nitrogen and oxygen atoms in total. The van der Waals surface area contributed by atoms with Crippen LogP contribution in [0, 0.1) is 0 Å². The Kier molecular flexibility index (Phi) is 5.14. The van der Waals surface area contributed by atoms with Gasteiger partial charge in [0.25, 0.3) is 0 Å². The van der Waals surface area contributed by atoms with Gasteiger partial charge in [-0.25, -0.2) is 9.59 Å². The minimum absolute atomic E-state index is 0.0589. The number of Topliss-reactive ketones (excluding diaryl/α,β-unsaturated/α-hetero) is 1. The third kappa shape index (κ3) is 3.24. The van der Waals surface area contributed by atoms with Crippen LogP contribution in [0.3, 0.4) is 0 Å². The fourth-order valence-electron chi connectivity index (χ4n) is 4.50. The molecule has 0 saturated heterocycles. The quantitative estimate of drug-likeness (QED) is 0.509. The van der Waals surface area contributed by atoms with Crippen LogP contribution in [0.15, 0.2) is 75.9 Å². The minimum Gasteiger partial charge on any atom is -0.478 e. The maximum atomic E-state index is 13.4. The molecule has 5 rings (SSSR count). The highest BCUT2D eigenvalue weighted by Gasteiger charge is 2.44. The van der Waals surface area contributed by atoms with E-state index in [0.29, 0.717) is 39.6 Å². The van der Waals surface area contributed by atoms with E-state index in [2.05, 4.69) is 5.32 Å². The average Bonchev–Trinajstić information content (AvgIpc) is 3.42. The van der Waals surface area contributed by atoms with Gasteiger partial charge in [-0.05, 0) is 37.3 Å². The van der Waals surface area contributed by atoms with Gasteiger partial charge in [-0.15, -0.1) is 0 Å². The van der Waals surface area contributed by atoms with Gasteiger partial charge in [0.1, 0.15) is 11.5 Å². The molecule has 0 spiro atoms. The summed E-state index contributed by atoms with van der Waals surface area (Å²) in [7, 11) is 1.28. The van der Waals surface area contributed by atoms with Crippen molar-refractivity contribution in [3.8, 4) is 11.3 Å². The Morgan fingerprint density at radius 2 is 1.82 bits per heavy atom. The number of dihydropyridines is 1. The van der Waals surface area contributed by atoms with E-state index in [1.54, 1.807) is 37.3 Å². The van der Waals surface area contributed by atoms with E-state index in [-0.39, 0.29) is 21.9 Å². The molecule has 0 radical (unpaired) electrons. The smallest absolute Gasteiger partial charge is 0.337 e. The molecule has 34 heavy (non-hydrogen) atoms. The predicted molar refractivity (Wildman–Crippen MR) is 124 cm³/mol. The summed E-state index contributed by atoms with van der Waals surface area (Å²) in [6.07, 6.45) is 0. The standard InChI is InChI=1S/C26H18ClNO6/c1-12-20(26(32)33-2)21(22-23(28-12)14-5-3-4-6-15(14)24(22)29)19-10-9-18(34-19)13-7-8-17(27)16(11-13)25(30)31/h3-11,21,28H,1-2H3,(H,30,31)/t21-/m1/s1. The Hall–Kier alpha value is -4.10. The number of benzene rings is 2. The van der Waals surface area contributed by atoms with E-state index in [0.717, 1.165) is 5.56 Å². The zero-order valence-electron chi connectivity index (χ0n) is 18.1. The summed E-state index contributed by atoms with van der Waals surface area (Å²) in [4.78, 5) is 37.7. The summed E-state index contributed by atoms with van der Waals surface area (Å²) >= 11 is 5.99. The van der Waals surface area contributed by atoms with Crippen molar-refractivity contribution in [2.24, 2.45) is 0 Å². The first-order valence-electron chi connectivity index (χ1n) is 10.4. The van der Waals surface area contributed by atoms with Gasteiger partial charge in [0.2, 0.25) is 0 Å². The molecule has 0 bridgehead atoms. The van der Waals surface area contributed by atoms with Gasteiger partial charge in [-0.3, -0.25) is 4.79 Å². The van der Waals surface area contributed by atoms with Gasteiger partial charge in [0.05, 0.1) is 34.9 Å². The van der Waals surface area contributed by atoms with E-state index < -0.39 is 17.9 Å². The number of ether oxygens (including phenoxy) is 1. The summed E-state index contributed by atoms with van der Waals surface area (Å²) < 4.78 is 11.1. The molecule has 2 heterocycles. The monoisotopic (exact) mass is 475 g/mol. The van der Waals surface area contributed by atoms with Crippen LogP contribution in [-0.4, -0.2) is 29.9 Å². The Balaban J connectivity index is 1.66. The molecule has 2 aromatic carbocycles. The number of carboxylic acids is 1. The van der Waals surface area contributed by atoms with E-state index in [1.807, 2.05) is 12.1 Å². The number of rotatable bonds is 4. The number of carboxylic acid groups (broad SMARTS) is 1. The van der Waals surface area contributed by atoms with E-state index in [4.69, 9.17) is 20.8 Å². The zero-order chi connectivity index (χ0) is 24.1. The summed E-state index contributed by atoms with van der Waals surface area (Å²) in [6, 6.07) is 15.1. The second-order valence-corrected chi connectivity index (χ2v) is 8.36. The van der Waals surface area contributed by atoms with Crippen molar-refractivity contribution < 1.29 is 28.6 Å². The average molecular weight is 476 g/mol. The van der Waals surface area contributed by atoms with Crippen LogP contribution in [-0.2, 0) is 9.53 Å². The molecule has 2 N–H and O–H groups in total. The van der Waals surface area contributed by atoms with Crippen molar-refractivity contribution in [3.05, 3.63) is 98.9 Å². The molecule has 1 atom stereocenters. The number of allylic oxidation sites excluding steroid dienone is 2. The fraction of sp³-hybridized carbons (Fsp3) is 0.115. The lowest BCUT2D eigenvalue weighted by Gasteiger charge is -2.27. The number of nitrogens with one attached hydrogen (secondary N) is 1. The van der Waals surface area contributed by atoms with Crippen molar-refractivity contribution in [1.29, 1.82) is 0 Å². The fourth-order valence-corrected chi connectivity index (χ4v) is 4.70. The van der Waals surface area contributed by atoms with E-state index >= 15 is 0 Å². The molecular formula is C26H18ClNO6. The number of aromatic carboxylic acids is 1. The number of esters is 1. The maximum Gasteiger partial charge on any atom is 0.337 e. The third-order valence-electron chi connectivity index (χ3n) is 6.05. The molecular weight excluding hydrogens is 458 g/mol. The first-order chi connectivity index (χ1) is 16.3. The molecule has 0 fully saturated rings. The lowest BCUT2D eigenvalue weighted by molar-refractivity contribution is -0.136. The zero-order valence-corrected chi connectivity index (χ0v) is 18.9. The number of hydrogen-bond donors (Lipinski definition) is 2. The molecule has 0 unspecified atom stereocenters. The minimum atomic E-state index is -1.16. The second kappa shape index (κ2) is 8.04. The number of furan rings is 1. The number of methoxy groups -OCH3 is 1. The first kappa shape index (κ1) is 21.7. The van der Waals surface area contributed by atoms with Crippen molar-refractivity contribution in [2.75, 3.05) is 7.11 Å². The van der Waals surface area contributed by atoms with Crippen molar-refractivity contribution in [2.45, 2.75) is 12.8 Å². The number of fused-ring (bicyclic) bond motifs is 2. The van der Waals surface area contributed by atoms with E-state index in [1.165, 1.54) is 19.2 Å². The van der Waals surface area contributed by atoms with Crippen LogP contribution in [0.25, 0.3) is 17.0 Å². The lowest BCUT2D eigenvalue weighted by Crippen LogP contribution is -2.28.